The molecule has 5 heteroatoms. The zero-order valence-corrected chi connectivity index (χ0v) is 28.3. The van der Waals surface area contributed by atoms with E-state index in [1.165, 1.54) is 5.56 Å². The molecule has 0 aliphatic rings. The molecule has 0 amide bonds. The van der Waals surface area contributed by atoms with Crippen molar-refractivity contribution in [2.75, 3.05) is 27.4 Å². The van der Waals surface area contributed by atoms with Crippen LogP contribution in [0.2, 0.25) is 0 Å². The van der Waals surface area contributed by atoms with E-state index in [2.05, 4.69) is 36.1 Å². The van der Waals surface area contributed by atoms with Gasteiger partial charge in [-0.15, -0.1) is 0 Å². The second-order valence-corrected chi connectivity index (χ2v) is 11.9. The minimum absolute atomic E-state index is 0.0293. The Labute approximate surface area is 294 Å². The summed E-state index contributed by atoms with van der Waals surface area (Å²) in [5, 5.41) is 11.1. The Morgan fingerprint density at radius 2 is 1.08 bits per heavy atom. The lowest BCUT2D eigenvalue weighted by atomic mass is 9.80. The van der Waals surface area contributed by atoms with Gasteiger partial charge in [-0.1, -0.05) is 121 Å². The summed E-state index contributed by atoms with van der Waals surface area (Å²) in [7, 11) is 3.29. The molecule has 250 valence electrons. The first kappa shape index (κ1) is 34.2. The summed E-state index contributed by atoms with van der Waals surface area (Å²) in [6.07, 6.45) is -0.878. The van der Waals surface area contributed by atoms with Gasteiger partial charge in [-0.2, -0.15) is 0 Å². The Hall–Kier alpha value is -5.64. The summed E-state index contributed by atoms with van der Waals surface area (Å²) in [5.74, 6) is 8.01. The molecule has 1 atom stereocenters. The molecule has 0 saturated heterocycles. The zero-order valence-electron chi connectivity index (χ0n) is 28.3. The highest BCUT2D eigenvalue weighted by atomic mass is 16.5. The molecular formula is C45H40O5. The highest BCUT2D eigenvalue weighted by Gasteiger charge is 2.38. The van der Waals surface area contributed by atoms with Crippen molar-refractivity contribution in [1.29, 1.82) is 0 Å². The lowest BCUT2D eigenvalue weighted by molar-refractivity contribution is -0.0662. The van der Waals surface area contributed by atoms with Crippen LogP contribution in [0.25, 0.3) is 11.1 Å². The summed E-state index contributed by atoms with van der Waals surface area (Å²) >= 11 is 0. The summed E-state index contributed by atoms with van der Waals surface area (Å²) in [6.45, 7) is 0.459. The molecule has 0 aromatic heterocycles. The van der Waals surface area contributed by atoms with Crippen LogP contribution in [0.3, 0.4) is 0 Å². The van der Waals surface area contributed by atoms with Crippen LogP contribution in [0.1, 0.15) is 33.4 Å². The molecule has 0 radical (unpaired) electrons. The maximum Gasteiger partial charge on any atom is 0.143 e. The van der Waals surface area contributed by atoms with Crippen LogP contribution in [0.5, 0.6) is 11.5 Å². The number of hydrogen-bond acceptors (Lipinski definition) is 5. The van der Waals surface area contributed by atoms with Gasteiger partial charge in [0.2, 0.25) is 0 Å². The van der Waals surface area contributed by atoms with Crippen molar-refractivity contribution in [1.82, 2.24) is 0 Å². The molecule has 0 heterocycles. The van der Waals surface area contributed by atoms with E-state index in [1.54, 1.807) is 14.2 Å². The van der Waals surface area contributed by atoms with Crippen LogP contribution in [0.15, 0.2) is 158 Å². The number of aliphatic hydroxyl groups is 1. The van der Waals surface area contributed by atoms with Crippen molar-refractivity contribution in [3.05, 3.63) is 191 Å². The van der Waals surface area contributed by atoms with Crippen molar-refractivity contribution < 1.29 is 24.1 Å². The largest absolute Gasteiger partial charge is 0.497 e. The highest BCUT2D eigenvalue weighted by molar-refractivity contribution is 5.64. The number of methoxy groups -OCH3 is 2. The molecule has 0 aliphatic carbocycles. The molecule has 0 fully saturated rings. The van der Waals surface area contributed by atoms with Gasteiger partial charge < -0.3 is 24.1 Å². The molecule has 5 nitrogen and oxygen atoms in total. The minimum atomic E-state index is -1.02. The Morgan fingerprint density at radius 3 is 1.68 bits per heavy atom. The molecule has 6 rings (SSSR count). The fraction of sp³-hybridized carbons (Fsp3) is 0.156. The average Bonchev–Trinajstić information content (AvgIpc) is 3.19. The van der Waals surface area contributed by atoms with Gasteiger partial charge in [-0.25, -0.2) is 0 Å². The van der Waals surface area contributed by atoms with Crippen LogP contribution in [0, 0.1) is 11.8 Å². The fourth-order valence-electron chi connectivity index (χ4n) is 5.92. The lowest BCUT2D eigenvalue weighted by Crippen LogP contribution is -2.36. The van der Waals surface area contributed by atoms with Crippen molar-refractivity contribution >= 4 is 0 Å². The van der Waals surface area contributed by atoms with Crippen molar-refractivity contribution in [2.24, 2.45) is 0 Å². The number of rotatable bonds is 13. The SMILES string of the molecule is COc1ccc(C(OC[C@@H](O)COCc2cccc(C#Cc3ccc(-c4ccccc4)cc3)c2)(c2ccccc2)c2ccc(OC)cc2)cc1. The summed E-state index contributed by atoms with van der Waals surface area (Å²) in [4.78, 5) is 0. The van der Waals surface area contributed by atoms with Gasteiger partial charge in [0, 0.05) is 11.1 Å². The van der Waals surface area contributed by atoms with Crippen LogP contribution in [-0.2, 0) is 21.7 Å². The van der Waals surface area contributed by atoms with Gasteiger partial charge in [0.1, 0.15) is 23.2 Å². The van der Waals surface area contributed by atoms with Crippen molar-refractivity contribution in [2.45, 2.75) is 18.3 Å². The topological polar surface area (TPSA) is 57.2 Å². The van der Waals surface area contributed by atoms with Gasteiger partial charge in [0.05, 0.1) is 34.0 Å². The smallest absolute Gasteiger partial charge is 0.143 e. The zero-order chi connectivity index (χ0) is 34.6. The molecule has 0 aliphatic heterocycles. The normalized spacial score (nSPS) is 11.7. The van der Waals surface area contributed by atoms with E-state index in [9.17, 15) is 5.11 Å². The third-order valence-electron chi connectivity index (χ3n) is 8.51. The maximum absolute atomic E-state index is 11.1. The van der Waals surface area contributed by atoms with Crippen LogP contribution < -0.4 is 9.47 Å². The van der Waals surface area contributed by atoms with E-state index in [0.717, 1.165) is 50.4 Å². The Balaban J connectivity index is 1.13. The molecule has 50 heavy (non-hydrogen) atoms. The fourth-order valence-corrected chi connectivity index (χ4v) is 5.92. The molecule has 0 saturated carbocycles. The Bertz CT molecular complexity index is 1950. The molecular weight excluding hydrogens is 620 g/mol. The maximum atomic E-state index is 11.1. The van der Waals surface area contributed by atoms with E-state index in [1.807, 2.05) is 133 Å². The predicted molar refractivity (Wildman–Crippen MR) is 198 cm³/mol. The quantitative estimate of drug-likeness (QED) is 0.0993. The number of ether oxygens (including phenoxy) is 4. The number of hydrogen-bond donors (Lipinski definition) is 1. The predicted octanol–water partition coefficient (Wildman–Crippen LogP) is 8.66. The molecule has 6 aromatic carbocycles. The van der Waals surface area contributed by atoms with Gasteiger partial charge >= 0.3 is 0 Å². The number of aliphatic hydroxyl groups excluding tert-OH is 1. The van der Waals surface area contributed by atoms with Crippen molar-refractivity contribution in [3.8, 4) is 34.5 Å². The standard InChI is InChI=1S/C45H40O5/c1-47-43-26-22-40(23-27-43)45(39-14-7-4-8-15-39,41-24-28-44(48-2)29-25-41)50-33-42(46)32-49-31-36-11-9-10-35(30-36)17-16-34-18-20-38(21-19-34)37-12-5-3-6-13-37/h3-15,18-30,42,46H,31-33H2,1-2H3/t42-/m0/s1. The lowest BCUT2D eigenvalue weighted by Gasteiger charge is -2.36. The van der Waals surface area contributed by atoms with E-state index in [4.69, 9.17) is 18.9 Å². The third kappa shape index (κ3) is 8.31. The van der Waals surface area contributed by atoms with Gasteiger partial charge in [0.25, 0.3) is 0 Å². The minimum Gasteiger partial charge on any atom is -0.497 e. The molecule has 0 unspecified atom stereocenters. The van der Waals surface area contributed by atoms with Crippen LogP contribution in [-0.4, -0.2) is 38.6 Å². The van der Waals surface area contributed by atoms with Crippen molar-refractivity contribution in [3.63, 3.8) is 0 Å². The highest BCUT2D eigenvalue weighted by Crippen LogP contribution is 2.41. The molecule has 1 N–H and O–H groups in total. The number of benzene rings is 6. The van der Waals surface area contributed by atoms with E-state index in [-0.39, 0.29) is 13.2 Å². The van der Waals surface area contributed by atoms with Crippen LogP contribution >= 0.6 is 0 Å². The monoisotopic (exact) mass is 660 g/mol. The average molecular weight is 661 g/mol. The van der Waals surface area contributed by atoms with Gasteiger partial charge in [0.15, 0.2) is 0 Å². The molecule has 6 aromatic rings. The van der Waals surface area contributed by atoms with Gasteiger partial charge in [-0.05, 0) is 81.9 Å². The van der Waals surface area contributed by atoms with E-state index < -0.39 is 11.7 Å². The summed E-state index contributed by atoms with van der Waals surface area (Å²) in [5.41, 5.74) is 6.86. The Kier molecular flexibility index (Phi) is 11.4. The van der Waals surface area contributed by atoms with Gasteiger partial charge in [-0.3, -0.25) is 0 Å². The Morgan fingerprint density at radius 1 is 0.540 bits per heavy atom. The van der Waals surface area contributed by atoms with Crippen LogP contribution in [0.4, 0.5) is 0 Å². The first-order chi connectivity index (χ1) is 24.6. The first-order valence-electron chi connectivity index (χ1n) is 16.6. The second-order valence-electron chi connectivity index (χ2n) is 11.9. The first-order valence-corrected chi connectivity index (χ1v) is 16.6. The third-order valence-corrected chi connectivity index (χ3v) is 8.51. The van der Waals surface area contributed by atoms with E-state index in [0.29, 0.717) is 6.61 Å². The molecule has 0 bridgehead atoms. The summed E-state index contributed by atoms with van der Waals surface area (Å²) in [6, 6.07) is 52.2. The van der Waals surface area contributed by atoms with E-state index >= 15 is 0 Å². The second kappa shape index (κ2) is 16.6. The molecule has 0 spiro atoms. The summed E-state index contributed by atoms with van der Waals surface area (Å²) < 4.78 is 23.7.